The molecule has 15 N–H and O–H groups in total. The number of nitrogens with two attached hydrogens (primary N) is 2. The maximum absolute atomic E-state index is 15.2. The van der Waals surface area contributed by atoms with Crippen molar-refractivity contribution in [2.75, 3.05) is 7.11 Å². The van der Waals surface area contributed by atoms with Crippen molar-refractivity contribution in [3.05, 3.63) is 135 Å². The van der Waals surface area contributed by atoms with Crippen LogP contribution >= 0.6 is 23.2 Å². The Bertz CT molecular complexity index is 3200. The van der Waals surface area contributed by atoms with Gasteiger partial charge in [-0.25, -0.2) is 4.79 Å². The number of carbonyl (C=O) groups is 8. The second-order valence-electron chi connectivity index (χ2n) is 18.8. The van der Waals surface area contributed by atoms with Crippen LogP contribution in [0.5, 0.6) is 40.2 Å². The number of aromatic hydroxyl groups is 2. The summed E-state index contributed by atoms with van der Waals surface area (Å²) in [5.41, 5.74) is 11.1. The number of aliphatic hydroxyl groups excluding tert-OH is 2. The maximum atomic E-state index is 15.2. The number of amides is 7. The summed E-state index contributed by atoms with van der Waals surface area (Å²) < 4.78 is 17.5. The van der Waals surface area contributed by atoms with Crippen LogP contribution in [0.3, 0.4) is 0 Å². The molecule has 4 aliphatic heterocycles. The minimum absolute atomic E-state index is 0.0222. The molecule has 26 heteroatoms. The minimum Gasteiger partial charge on any atom is -0.508 e. The Hall–Kier alpha value is -8.68. The topological polar surface area (TPSA) is 390 Å². The van der Waals surface area contributed by atoms with Gasteiger partial charge >= 0.3 is 5.97 Å². The summed E-state index contributed by atoms with van der Waals surface area (Å²) in [7, 11) is 1.33. The van der Waals surface area contributed by atoms with Crippen LogP contribution in [0.15, 0.2) is 97.1 Å². The zero-order valence-corrected chi connectivity index (χ0v) is 43.6. The van der Waals surface area contributed by atoms with Crippen LogP contribution < -0.4 is 57.6 Å². The fourth-order valence-corrected chi connectivity index (χ4v) is 9.01. The van der Waals surface area contributed by atoms with Crippen molar-refractivity contribution in [1.29, 1.82) is 0 Å². The molecule has 7 amide bonds. The van der Waals surface area contributed by atoms with Crippen molar-refractivity contribution in [2.45, 2.75) is 81.2 Å². The standard InChI is InChI=1S/C53H54Cl2N8O16/c1-22(2)15-32(56)47(69)62-42-44(66)25-9-13-34(30(54)17-25)78-36-19-27-20-37(46(36)68)79-35-14-10-26(18-31(35)55)45(67)43(52(74)61-41(53(75)76)24-5-4-6-29(16-24)77-3)63-49(71)39(23-7-11-28(64)12-8-23)60-50(72)40(27)59-48(70)33(21-38(57)65)58-51(42)73/h4-14,16-20,22,32-33,39-45,64,66-68H,15,21,56H2,1-3H3,(H2,57,65)(H,58,73)(H,59,70)(H,60,72)(H,61,74)(H,62,69)(H,63,71)(H,75,76)/t32-,33+,39-,40-,41+,42-,43+,44-,45-/m1/s1. The van der Waals surface area contributed by atoms with Crippen LogP contribution in [-0.2, 0) is 38.4 Å². The summed E-state index contributed by atoms with van der Waals surface area (Å²) in [6.45, 7) is 3.58. The van der Waals surface area contributed by atoms with Crippen molar-refractivity contribution >= 4 is 70.5 Å². The molecule has 0 unspecified atom stereocenters. The van der Waals surface area contributed by atoms with Gasteiger partial charge in [-0.3, -0.25) is 33.6 Å². The van der Waals surface area contributed by atoms with E-state index in [9.17, 15) is 59.1 Å². The molecule has 0 saturated carbocycles. The Morgan fingerprint density at radius 2 is 1.25 bits per heavy atom. The average Bonchev–Trinajstić information content (AvgIpc) is 3.41. The van der Waals surface area contributed by atoms with Gasteiger partial charge in [0.1, 0.15) is 65.4 Å². The summed E-state index contributed by atoms with van der Waals surface area (Å²) in [6.07, 6.45) is -4.82. The van der Waals surface area contributed by atoms with Gasteiger partial charge in [0, 0.05) is 0 Å². The number of aliphatic carboxylic acids is 1. The highest BCUT2D eigenvalue weighted by atomic mass is 35.5. The summed E-state index contributed by atoms with van der Waals surface area (Å²) in [6, 6.07) is 6.63. The number of hydrogen-bond donors (Lipinski definition) is 13. The number of phenolic OH excluding ortho intramolecular Hbond substituents is 2. The number of hydrogen-bond acceptors (Lipinski definition) is 16. The van der Waals surface area contributed by atoms with Crippen molar-refractivity contribution < 1.29 is 78.1 Å². The number of nitrogens with one attached hydrogen (secondary N) is 6. The zero-order chi connectivity index (χ0) is 57.6. The van der Waals surface area contributed by atoms with Crippen molar-refractivity contribution in [1.82, 2.24) is 31.9 Å². The molecule has 9 rings (SSSR count). The molecule has 7 bridgehead atoms. The molecule has 4 aliphatic rings. The third-order valence-electron chi connectivity index (χ3n) is 12.6. The van der Waals surface area contributed by atoms with Gasteiger partial charge in [0.25, 0.3) is 0 Å². The van der Waals surface area contributed by atoms with Gasteiger partial charge < -0.3 is 83.1 Å². The number of carboxylic acid groups (broad SMARTS) is 1. The molecule has 79 heavy (non-hydrogen) atoms. The Labute approximate surface area is 459 Å². The summed E-state index contributed by atoms with van der Waals surface area (Å²) in [5.74, 6) is -12.4. The quantitative estimate of drug-likeness (QED) is 0.0854. The molecule has 416 valence electrons. The van der Waals surface area contributed by atoms with E-state index >= 15 is 4.79 Å². The fraction of sp³-hybridized carbons (Fsp3) is 0.283. The molecular weight excluding hydrogens is 1080 g/mol. The lowest BCUT2D eigenvalue weighted by Gasteiger charge is -2.30. The molecule has 0 spiro atoms. The van der Waals surface area contributed by atoms with E-state index in [0.29, 0.717) is 0 Å². The van der Waals surface area contributed by atoms with E-state index in [4.69, 9.17) is 48.9 Å². The number of aliphatic hydroxyl groups is 2. The summed E-state index contributed by atoms with van der Waals surface area (Å²) in [5, 5.41) is 70.1. The van der Waals surface area contributed by atoms with Crippen LogP contribution in [0.25, 0.3) is 0 Å². The van der Waals surface area contributed by atoms with Crippen molar-refractivity contribution in [3.63, 3.8) is 0 Å². The molecule has 24 nitrogen and oxygen atoms in total. The van der Waals surface area contributed by atoms with Crippen LogP contribution in [0.4, 0.5) is 0 Å². The number of methoxy groups -OCH3 is 1. The average molecular weight is 1130 g/mol. The van der Waals surface area contributed by atoms with Crippen molar-refractivity contribution in [3.8, 4) is 40.2 Å². The monoisotopic (exact) mass is 1130 g/mol. The lowest BCUT2D eigenvalue weighted by atomic mass is 9.97. The van der Waals surface area contributed by atoms with E-state index in [2.05, 4.69) is 31.9 Å². The molecule has 0 radical (unpaired) electrons. The predicted octanol–water partition coefficient (Wildman–Crippen LogP) is 2.75. The first-order valence-electron chi connectivity index (χ1n) is 24.1. The summed E-state index contributed by atoms with van der Waals surface area (Å²) in [4.78, 5) is 112. The smallest absolute Gasteiger partial charge is 0.330 e. The second kappa shape index (κ2) is 24.8. The summed E-state index contributed by atoms with van der Waals surface area (Å²) >= 11 is 13.5. The van der Waals surface area contributed by atoms with Gasteiger partial charge in [0.15, 0.2) is 17.5 Å². The van der Waals surface area contributed by atoms with Crippen LogP contribution in [-0.4, -0.2) is 104 Å². The molecule has 5 aromatic carbocycles. The Morgan fingerprint density at radius 1 is 0.696 bits per heavy atom. The van der Waals surface area contributed by atoms with Gasteiger partial charge in [-0.2, -0.15) is 0 Å². The van der Waals surface area contributed by atoms with Gasteiger partial charge in [-0.1, -0.05) is 73.4 Å². The minimum atomic E-state index is -2.11. The highest BCUT2D eigenvalue weighted by Crippen LogP contribution is 2.46. The number of ether oxygens (including phenoxy) is 3. The molecule has 0 aromatic heterocycles. The first-order valence-corrected chi connectivity index (χ1v) is 24.9. The first kappa shape index (κ1) is 58.0. The zero-order valence-electron chi connectivity index (χ0n) is 42.1. The second-order valence-corrected chi connectivity index (χ2v) is 19.6. The van der Waals surface area contributed by atoms with E-state index in [1.807, 2.05) is 0 Å². The number of benzene rings is 5. The van der Waals surface area contributed by atoms with Gasteiger partial charge in [0.05, 0.1) is 29.6 Å². The van der Waals surface area contributed by atoms with Gasteiger partial charge in [-0.15, -0.1) is 0 Å². The number of carbonyl (C=O) groups excluding carboxylic acids is 7. The molecule has 9 atom stereocenters. The van der Waals surface area contributed by atoms with E-state index < -0.39 is 125 Å². The van der Waals surface area contributed by atoms with E-state index in [1.54, 1.807) is 13.8 Å². The number of halogens is 2. The Kier molecular flexibility index (Phi) is 18.2. The Morgan fingerprint density at radius 3 is 1.81 bits per heavy atom. The molecule has 5 aromatic rings. The van der Waals surface area contributed by atoms with E-state index in [0.717, 1.165) is 30.3 Å². The number of carboxylic acids is 1. The molecule has 0 fully saturated rings. The van der Waals surface area contributed by atoms with E-state index in [-0.39, 0.29) is 73.2 Å². The molecular formula is C53H54Cl2N8O16. The number of primary amides is 1. The SMILES string of the molecule is COc1cccc([C@H](NC(=O)[C@H]2NC(=O)[C@@H](c3ccc(O)cc3)NC(=O)[C@@H]3NC(=O)[C@H](CC(N)=O)NC(=O)[C@H](NC(=O)[C@H](N)CC(C)C)[C@H](O)c4ccc(c(Cl)c4)Oc4cc3cc(c4O)Oc3ccc(cc3Cl)[C@H]2O)C(=O)O)c1. The maximum Gasteiger partial charge on any atom is 0.330 e. The van der Waals surface area contributed by atoms with Crippen LogP contribution in [0, 0.1) is 5.92 Å². The number of phenols is 2. The number of rotatable bonds is 12. The van der Waals surface area contributed by atoms with Gasteiger partial charge in [-0.05, 0) is 101 Å². The van der Waals surface area contributed by atoms with Crippen LogP contribution in [0.2, 0.25) is 10.0 Å². The highest BCUT2D eigenvalue weighted by molar-refractivity contribution is 6.32. The molecule has 0 aliphatic carbocycles. The molecule has 0 saturated heterocycles. The first-order chi connectivity index (χ1) is 37.4. The molecule has 4 heterocycles. The third-order valence-corrected chi connectivity index (χ3v) is 13.2. The lowest BCUT2D eigenvalue weighted by Crippen LogP contribution is -2.59. The Balaban J connectivity index is 1.41. The van der Waals surface area contributed by atoms with Crippen molar-refractivity contribution in [2.24, 2.45) is 17.4 Å². The van der Waals surface area contributed by atoms with Crippen LogP contribution in [0.1, 0.15) is 84.8 Å². The highest BCUT2D eigenvalue weighted by Gasteiger charge is 2.40. The largest absolute Gasteiger partial charge is 0.508 e. The fourth-order valence-electron chi connectivity index (χ4n) is 8.55. The predicted molar refractivity (Wildman–Crippen MR) is 280 cm³/mol. The third kappa shape index (κ3) is 13.7. The lowest BCUT2D eigenvalue weighted by molar-refractivity contribution is -0.143. The number of fused-ring (bicyclic) bond motifs is 16. The van der Waals surface area contributed by atoms with Gasteiger partial charge in [0.2, 0.25) is 47.1 Å². The van der Waals surface area contributed by atoms with E-state index in [1.165, 1.54) is 73.8 Å². The normalized spacial score (nSPS) is 21.3.